The van der Waals surface area contributed by atoms with Crippen LogP contribution >= 0.6 is 0 Å². The minimum atomic E-state index is 0.142. The molecule has 1 N–H and O–H groups in total. The van der Waals surface area contributed by atoms with Crippen LogP contribution in [0.4, 0.5) is 0 Å². The van der Waals surface area contributed by atoms with Gasteiger partial charge < -0.3 is 9.67 Å². The van der Waals surface area contributed by atoms with E-state index in [9.17, 15) is 5.11 Å². The summed E-state index contributed by atoms with van der Waals surface area (Å²) < 4.78 is 2.03. The zero-order valence-electron chi connectivity index (χ0n) is 14.7. The molecular formula is C20H24N4O. The Morgan fingerprint density at radius 3 is 2.28 bits per heavy atom. The number of benzene rings is 2. The van der Waals surface area contributed by atoms with Gasteiger partial charge in [0.1, 0.15) is 5.82 Å². The summed E-state index contributed by atoms with van der Waals surface area (Å²) in [6.07, 6.45) is 0.684. The molecule has 2 aromatic carbocycles. The Balaban J connectivity index is 1.80. The smallest absolute Gasteiger partial charge is 0.163 e. The monoisotopic (exact) mass is 336 g/mol. The summed E-state index contributed by atoms with van der Waals surface area (Å²) in [6.45, 7) is 0.813. The first-order valence-electron chi connectivity index (χ1n) is 8.50. The van der Waals surface area contributed by atoms with Crippen molar-refractivity contribution in [2.45, 2.75) is 19.0 Å². The van der Waals surface area contributed by atoms with E-state index in [2.05, 4.69) is 34.3 Å². The average molecular weight is 336 g/mol. The maximum Gasteiger partial charge on any atom is 0.163 e. The third-order valence-corrected chi connectivity index (χ3v) is 4.51. The predicted molar refractivity (Wildman–Crippen MR) is 98.8 cm³/mol. The molecule has 1 unspecified atom stereocenters. The van der Waals surface area contributed by atoms with Gasteiger partial charge in [-0.25, -0.2) is 0 Å². The van der Waals surface area contributed by atoms with Gasteiger partial charge in [0.15, 0.2) is 5.82 Å². The van der Waals surface area contributed by atoms with Gasteiger partial charge in [0.2, 0.25) is 0 Å². The molecule has 0 aliphatic heterocycles. The minimum Gasteiger partial charge on any atom is -0.396 e. The molecule has 3 rings (SSSR count). The lowest BCUT2D eigenvalue weighted by Gasteiger charge is -2.27. The molecule has 1 aromatic heterocycles. The number of aliphatic hydroxyl groups is 1. The van der Waals surface area contributed by atoms with Gasteiger partial charge in [-0.2, -0.15) is 0 Å². The van der Waals surface area contributed by atoms with Crippen LogP contribution in [0.15, 0.2) is 60.7 Å². The lowest BCUT2D eigenvalue weighted by Crippen LogP contribution is -2.26. The molecule has 0 fully saturated rings. The molecule has 0 saturated heterocycles. The van der Waals surface area contributed by atoms with Crippen LogP contribution in [0, 0.1) is 0 Å². The first-order chi connectivity index (χ1) is 12.2. The van der Waals surface area contributed by atoms with Crippen molar-refractivity contribution in [2.24, 2.45) is 7.05 Å². The van der Waals surface area contributed by atoms with Crippen molar-refractivity contribution in [3.05, 3.63) is 72.1 Å². The van der Waals surface area contributed by atoms with E-state index in [0.29, 0.717) is 13.0 Å². The van der Waals surface area contributed by atoms with Gasteiger partial charge in [0.25, 0.3) is 0 Å². The Kier molecular flexibility index (Phi) is 5.58. The van der Waals surface area contributed by atoms with Gasteiger partial charge in [-0.15, -0.1) is 10.2 Å². The molecule has 1 atom stereocenters. The van der Waals surface area contributed by atoms with Gasteiger partial charge in [-0.05, 0) is 19.0 Å². The fourth-order valence-corrected chi connectivity index (χ4v) is 3.11. The summed E-state index contributed by atoms with van der Waals surface area (Å²) in [5.41, 5.74) is 2.26. The predicted octanol–water partition coefficient (Wildman–Crippen LogP) is 3.04. The summed E-state index contributed by atoms with van der Waals surface area (Å²) in [6, 6.07) is 20.5. The molecule has 0 bridgehead atoms. The number of nitrogens with zero attached hydrogens (tertiary/aromatic N) is 4. The Morgan fingerprint density at radius 1 is 1.00 bits per heavy atom. The average Bonchev–Trinajstić information content (AvgIpc) is 3.01. The third-order valence-electron chi connectivity index (χ3n) is 4.51. The zero-order valence-corrected chi connectivity index (χ0v) is 14.7. The van der Waals surface area contributed by atoms with Crippen LogP contribution in [0.1, 0.15) is 23.9 Å². The van der Waals surface area contributed by atoms with Gasteiger partial charge in [0.05, 0.1) is 6.54 Å². The number of aliphatic hydroxyl groups excluding tert-OH is 1. The second-order valence-electron chi connectivity index (χ2n) is 6.22. The molecule has 3 aromatic rings. The van der Waals surface area contributed by atoms with E-state index in [1.54, 1.807) is 0 Å². The van der Waals surface area contributed by atoms with E-state index in [0.717, 1.165) is 17.2 Å². The molecule has 0 aliphatic rings. The highest BCUT2D eigenvalue weighted by Crippen LogP contribution is 2.25. The molecule has 0 spiro atoms. The first kappa shape index (κ1) is 17.3. The summed E-state index contributed by atoms with van der Waals surface area (Å²) >= 11 is 0. The van der Waals surface area contributed by atoms with Gasteiger partial charge in [-0.3, -0.25) is 4.90 Å². The molecule has 5 nitrogen and oxygen atoms in total. The van der Waals surface area contributed by atoms with Crippen LogP contribution in [-0.4, -0.2) is 38.4 Å². The van der Waals surface area contributed by atoms with Crippen LogP contribution in [0.3, 0.4) is 0 Å². The number of hydrogen-bond donors (Lipinski definition) is 1. The van der Waals surface area contributed by atoms with Gasteiger partial charge in [-0.1, -0.05) is 60.7 Å². The fourth-order valence-electron chi connectivity index (χ4n) is 3.11. The van der Waals surface area contributed by atoms with Crippen LogP contribution in [0.25, 0.3) is 11.4 Å². The maximum absolute atomic E-state index is 9.46. The molecule has 5 heteroatoms. The normalized spacial score (nSPS) is 12.5. The second kappa shape index (κ2) is 8.05. The van der Waals surface area contributed by atoms with Crippen molar-refractivity contribution in [3.8, 4) is 11.4 Å². The van der Waals surface area contributed by atoms with E-state index in [1.165, 1.54) is 5.56 Å². The van der Waals surface area contributed by atoms with Crippen molar-refractivity contribution in [1.29, 1.82) is 0 Å². The first-order valence-corrected chi connectivity index (χ1v) is 8.50. The summed E-state index contributed by atoms with van der Waals surface area (Å²) in [5.74, 6) is 1.77. The Hall–Kier alpha value is -2.50. The second-order valence-corrected chi connectivity index (χ2v) is 6.22. The van der Waals surface area contributed by atoms with Crippen LogP contribution in [-0.2, 0) is 13.6 Å². The summed E-state index contributed by atoms with van der Waals surface area (Å²) in [5, 5.41) is 18.2. The summed E-state index contributed by atoms with van der Waals surface area (Å²) in [7, 11) is 4.05. The molecule has 0 radical (unpaired) electrons. The lowest BCUT2D eigenvalue weighted by atomic mass is 10.0. The van der Waals surface area contributed by atoms with E-state index in [1.807, 2.05) is 60.1 Å². The van der Waals surface area contributed by atoms with Gasteiger partial charge in [0, 0.05) is 25.3 Å². The van der Waals surface area contributed by atoms with Gasteiger partial charge >= 0.3 is 0 Å². The molecule has 0 amide bonds. The van der Waals surface area contributed by atoms with Crippen LogP contribution in [0.2, 0.25) is 0 Å². The lowest BCUT2D eigenvalue weighted by molar-refractivity contribution is 0.176. The van der Waals surface area contributed by atoms with E-state index >= 15 is 0 Å². The van der Waals surface area contributed by atoms with Crippen molar-refractivity contribution in [1.82, 2.24) is 19.7 Å². The number of hydrogen-bond acceptors (Lipinski definition) is 4. The van der Waals surface area contributed by atoms with Crippen LogP contribution in [0.5, 0.6) is 0 Å². The molecule has 130 valence electrons. The Morgan fingerprint density at radius 2 is 1.64 bits per heavy atom. The SMILES string of the molecule is CN(Cc1nnc(-c2ccccc2)n1C)C(CCO)c1ccccc1. The fraction of sp³-hybridized carbons (Fsp3) is 0.300. The molecular weight excluding hydrogens is 312 g/mol. The highest BCUT2D eigenvalue weighted by Gasteiger charge is 2.19. The van der Waals surface area contributed by atoms with E-state index in [-0.39, 0.29) is 12.6 Å². The van der Waals surface area contributed by atoms with E-state index in [4.69, 9.17) is 0 Å². The molecule has 0 saturated carbocycles. The van der Waals surface area contributed by atoms with Crippen molar-refractivity contribution < 1.29 is 5.11 Å². The van der Waals surface area contributed by atoms with Crippen molar-refractivity contribution in [2.75, 3.05) is 13.7 Å². The third kappa shape index (κ3) is 3.95. The zero-order chi connectivity index (χ0) is 17.6. The highest BCUT2D eigenvalue weighted by molar-refractivity contribution is 5.54. The minimum absolute atomic E-state index is 0.142. The molecule has 1 heterocycles. The molecule has 25 heavy (non-hydrogen) atoms. The number of rotatable bonds is 7. The standard InChI is InChI=1S/C20H24N4O/c1-23(18(13-14-25)16-9-5-3-6-10-16)15-19-21-22-20(24(19)2)17-11-7-4-8-12-17/h3-12,18,25H,13-15H2,1-2H3. The largest absolute Gasteiger partial charge is 0.396 e. The van der Waals surface area contributed by atoms with Crippen molar-refractivity contribution >= 4 is 0 Å². The molecule has 0 aliphatic carbocycles. The van der Waals surface area contributed by atoms with E-state index < -0.39 is 0 Å². The maximum atomic E-state index is 9.46. The topological polar surface area (TPSA) is 54.2 Å². The Bertz CT molecular complexity index is 786. The number of aromatic nitrogens is 3. The summed E-state index contributed by atoms with van der Waals surface area (Å²) in [4.78, 5) is 2.21. The van der Waals surface area contributed by atoms with Crippen molar-refractivity contribution in [3.63, 3.8) is 0 Å². The quantitative estimate of drug-likeness (QED) is 0.720. The Labute approximate surface area is 148 Å². The highest BCUT2D eigenvalue weighted by atomic mass is 16.3. The van der Waals surface area contributed by atoms with Crippen LogP contribution < -0.4 is 0 Å².